The van der Waals surface area contributed by atoms with E-state index in [-0.39, 0.29) is 17.4 Å². The number of methoxy groups -OCH3 is 1. The molecule has 9 nitrogen and oxygen atoms in total. The van der Waals surface area contributed by atoms with Gasteiger partial charge in [0.05, 0.1) is 7.11 Å². The van der Waals surface area contributed by atoms with Crippen molar-refractivity contribution in [3.63, 3.8) is 0 Å². The number of phenols is 1. The van der Waals surface area contributed by atoms with Gasteiger partial charge in [0.1, 0.15) is 11.7 Å². The van der Waals surface area contributed by atoms with Crippen LogP contribution in [-0.4, -0.2) is 43.5 Å². The van der Waals surface area contributed by atoms with Crippen molar-refractivity contribution in [3.8, 4) is 11.5 Å². The van der Waals surface area contributed by atoms with Gasteiger partial charge in [0.15, 0.2) is 11.5 Å². The Morgan fingerprint density at radius 1 is 1.48 bits per heavy atom. The summed E-state index contributed by atoms with van der Waals surface area (Å²) >= 11 is 0. The van der Waals surface area contributed by atoms with Crippen molar-refractivity contribution < 1.29 is 19.7 Å². The largest absolute Gasteiger partial charge is 0.504 e. The molecule has 2 aromatic rings. The quantitative estimate of drug-likeness (QED) is 0.740. The van der Waals surface area contributed by atoms with Crippen molar-refractivity contribution in [2.45, 2.75) is 6.04 Å². The predicted molar refractivity (Wildman–Crippen MR) is 70.0 cm³/mol. The minimum Gasteiger partial charge on any atom is -0.504 e. The van der Waals surface area contributed by atoms with Crippen LogP contribution < -0.4 is 10.1 Å². The number of aromatic hydroxyl groups is 1. The fourth-order valence-electron chi connectivity index (χ4n) is 2.11. The second kappa shape index (κ2) is 4.78. The molecule has 1 aliphatic heterocycles. The number of hydrogen-bond donors (Lipinski definition) is 3. The van der Waals surface area contributed by atoms with Crippen LogP contribution in [0.1, 0.15) is 11.6 Å². The van der Waals surface area contributed by atoms with Crippen molar-refractivity contribution >= 4 is 11.9 Å². The number of nitrogens with zero attached hydrogens (tertiary/aromatic N) is 4. The van der Waals surface area contributed by atoms with Gasteiger partial charge in [-0.1, -0.05) is 11.2 Å². The molecule has 0 aliphatic carbocycles. The van der Waals surface area contributed by atoms with Crippen LogP contribution in [0.2, 0.25) is 0 Å². The highest BCUT2D eigenvalue weighted by molar-refractivity contribution is 5.90. The number of anilines is 1. The van der Waals surface area contributed by atoms with Gasteiger partial charge in [0.25, 0.3) is 0 Å². The summed E-state index contributed by atoms with van der Waals surface area (Å²) in [5, 5.41) is 32.7. The number of rotatable bonds is 3. The Bertz CT molecular complexity index is 739. The molecule has 108 valence electrons. The molecule has 21 heavy (non-hydrogen) atoms. The number of benzene rings is 1. The second-order valence-corrected chi connectivity index (χ2v) is 4.33. The van der Waals surface area contributed by atoms with Gasteiger partial charge in [-0.05, 0) is 34.2 Å². The first-order valence-corrected chi connectivity index (χ1v) is 5.97. The molecule has 1 atom stereocenters. The minimum atomic E-state index is -1.12. The third-order valence-electron chi connectivity index (χ3n) is 3.10. The number of hydrogen-bond acceptors (Lipinski definition) is 7. The van der Waals surface area contributed by atoms with Crippen LogP contribution in [0.4, 0.5) is 5.95 Å². The molecule has 1 aliphatic rings. The van der Waals surface area contributed by atoms with Gasteiger partial charge in [-0.2, -0.15) is 4.68 Å². The van der Waals surface area contributed by atoms with E-state index in [4.69, 9.17) is 9.84 Å². The molecule has 0 fully saturated rings. The van der Waals surface area contributed by atoms with Crippen LogP contribution in [-0.2, 0) is 4.79 Å². The minimum absolute atomic E-state index is 0.0300. The Morgan fingerprint density at radius 3 is 2.95 bits per heavy atom. The highest BCUT2D eigenvalue weighted by Crippen LogP contribution is 2.33. The average Bonchev–Trinajstić information content (AvgIpc) is 2.94. The third-order valence-corrected chi connectivity index (χ3v) is 3.10. The topological polar surface area (TPSA) is 122 Å². The van der Waals surface area contributed by atoms with E-state index >= 15 is 0 Å². The van der Waals surface area contributed by atoms with E-state index in [0.717, 1.165) is 0 Å². The van der Waals surface area contributed by atoms with Gasteiger partial charge in [0, 0.05) is 0 Å². The zero-order valence-electron chi connectivity index (χ0n) is 10.9. The van der Waals surface area contributed by atoms with Crippen molar-refractivity contribution in [3.05, 3.63) is 35.5 Å². The third kappa shape index (κ3) is 2.14. The van der Waals surface area contributed by atoms with E-state index in [0.29, 0.717) is 11.3 Å². The van der Waals surface area contributed by atoms with E-state index in [1.807, 2.05) is 0 Å². The molecule has 3 rings (SSSR count). The molecule has 2 heterocycles. The predicted octanol–water partition coefficient (Wildman–Crippen LogP) is 0.371. The lowest BCUT2D eigenvalue weighted by atomic mass is 10.0. The monoisotopic (exact) mass is 289 g/mol. The zero-order chi connectivity index (χ0) is 15.0. The summed E-state index contributed by atoms with van der Waals surface area (Å²) in [6, 6.07) is 4.23. The first-order valence-electron chi connectivity index (χ1n) is 5.97. The van der Waals surface area contributed by atoms with Crippen molar-refractivity contribution in [2.24, 2.45) is 0 Å². The van der Waals surface area contributed by atoms with Crippen molar-refractivity contribution in [1.82, 2.24) is 20.2 Å². The number of nitrogens with one attached hydrogen (secondary N) is 1. The lowest BCUT2D eigenvalue weighted by Gasteiger charge is -2.21. The van der Waals surface area contributed by atoms with Gasteiger partial charge in [-0.15, -0.1) is 0 Å². The van der Waals surface area contributed by atoms with E-state index in [9.17, 15) is 9.90 Å². The number of carboxylic acid groups (broad SMARTS) is 1. The van der Waals surface area contributed by atoms with Crippen molar-refractivity contribution in [1.29, 1.82) is 0 Å². The maximum absolute atomic E-state index is 11.2. The molecule has 0 bridgehead atoms. The Morgan fingerprint density at radius 2 is 2.29 bits per heavy atom. The van der Waals surface area contributed by atoms with Crippen molar-refractivity contribution in [2.75, 3.05) is 12.4 Å². The van der Waals surface area contributed by atoms with Crippen LogP contribution in [0.15, 0.2) is 30.0 Å². The fourth-order valence-corrected chi connectivity index (χ4v) is 2.11. The highest BCUT2D eigenvalue weighted by atomic mass is 16.5. The fraction of sp³-hybridized carbons (Fsp3) is 0.167. The van der Waals surface area contributed by atoms with Crippen LogP contribution in [0, 0.1) is 0 Å². The molecular formula is C12H11N5O4. The maximum Gasteiger partial charge on any atom is 0.352 e. The summed E-state index contributed by atoms with van der Waals surface area (Å²) in [7, 11) is 1.45. The molecule has 1 aromatic heterocycles. The number of ether oxygens (including phenoxy) is 1. The molecule has 0 spiro atoms. The molecule has 0 saturated carbocycles. The first kappa shape index (κ1) is 12.9. The lowest BCUT2D eigenvalue weighted by molar-refractivity contribution is -0.132. The lowest BCUT2D eigenvalue weighted by Crippen LogP contribution is -2.24. The SMILES string of the molecule is COc1ccc([C@@H]2C=C(C(=O)O)Nc3nnnn32)cc1O. The van der Waals surface area contributed by atoms with Gasteiger partial charge in [-0.25, -0.2) is 4.79 Å². The second-order valence-electron chi connectivity index (χ2n) is 4.33. The van der Waals surface area contributed by atoms with E-state index < -0.39 is 12.0 Å². The summed E-state index contributed by atoms with van der Waals surface area (Å²) in [5.74, 6) is -0.623. The van der Waals surface area contributed by atoms with E-state index in [1.165, 1.54) is 23.9 Å². The first-order chi connectivity index (χ1) is 10.1. The van der Waals surface area contributed by atoms with Crippen LogP contribution in [0.3, 0.4) is 0 Å². The smallest absolute Gasteiger partial charge is 0.352 e. The van der Waals surface area contributed by atoms with Crippen LogP contribution in [0.25, 0.3) is 0 Å². The number of allylic oxidation sites excluding steroid dienone is 1. The molecule has 0 saturated heterocycles. The molecule has 9 heteroatoms. The number of aliphatic carboxylic acids is 1. The number of aromatic nitrogens is 4. The number of tetrazole rings is 1. The Balaban J connectivity index is 2.08. The van der Waals surface area contributed by atoms with E-state index in [1.54, 1.807) is 12.1 Å². The van der Waals surface area contributed by atoms with Gasteiger partial charge < -0.3 is 20.3 Å². The molecule has 1 aromatic carbocycles. The Hall–Kier alpha value is -3.10. The summed E-state index contributed by atoms with van der Waals surface area (Å²) in [5.41, 5.74) is 0.597. The average molecular weight is 289 g/mol. The zero-order valence-corrected chi connectivity index (χ0v) is 10.9. The number of fused-ring (bicyclic) bond motifs is 1. The molecule has 0 unspecified atom stereocenters. The summed E-state index contributed by atoms with van der Waals surface area (Å²) in [6.07, 6.45) is 1.47. The molecule has 3 N–H and O–H groups in total. The molecular weight excluding hydrogens is 278 g/mol. The highest BCUT2D eigenvalue weighted by Gasteiger charge is 2.26. The Labute approximate surface area is 118 Å². The standard InChI is InChI=1S/C12H11N5O4/c1-21-10-3-2-6(4-9(10)18)8-5-7(11(19)20)13-12-14-15-16-17(8)12/h2-5,8,18H,1H3,(H,19,20)(H,13,14,16)/t8-/m0/s1. The van der Waals surface area contributed by atoms with Crippen LogP contribution >= 0.6 is 0 Å². The summed E-state index contributed by atoms with van der Waals surface area (Å²) in [6.45, 7) is 0. The summed E-state index contributed by atoms with van der Waals surface area (Å²) < 4.78 is 6.41. The van der Waals surface area contributed by atoms with Crippen LogP contribution in [0.5, 0.6) is 11.5 Å². The number of carboxylic acids is 1. The Kier molecular flexibility index (Phi) is 2.94. The normalized spacial score (nSPS) is 16.6. The number of carbonyl (C=O) groups is 1. The van der Waals surface area contributed by atoms with E-state index in [2.05, 4.69) is 20.8 Å². The van der Waals surface area contributed by atoms with Gasteiger partial charge in [0.2, 0.25) is 5.95 Å². The summed E-state index contributed by atoms with van der Waals surface area (Å²) in [4.78, 5) is 11.2. The molecule has 0 amide bonds. The maximum atomic E-state index is 11.2. The number of phenolic OH excluding ortho intramolecular Hbond substituents is 1. The molecule has 0 radical (unpaired) electrons. The van der Waals surface area contributed by atoms with Gasteiger partial charge in [-0.3, -0.25) is 0 Å². The van der Waals surface area contributed by atoms with Gasteiger partial charge >= 0.3 is 5.97 Å².